The molecular formula is C17H24ClN5O3. The van der Waals surface area contributed by atoms with Crippen LogP contribution in [0.3, 0.4) is 0 Å². The first-order chi connectivity index (χ1) is 12.5. The van der Waals surface area contributed by atoms with Crippen molar-refractivity contribution in [1.29, 1.82) is 0 Å². The van der Waals surface area contributed by atoms with Crippen LogP contribution in [-0.2, 0) is 11.3 Å². The van der Waals surface area contributed by atoms with Gasteiger partial charge >= 0.3 is 6.09 Å². The maximum atomic E-state index is 12.4. The van der Waals surface area contributed by atoms with Gasteiger partial charge in [-0.1, -0.05) is 11.6 Å². The molecule has 2 aliphatic rings. The molecule has 142 valence electrons. The number of nitrogens with one attached hydrogen (secondary N) is 1. The Kier molecular flexibility index (Phi) is 6.26. The van der Waals surface area contributed by atoms with Crippen LogP contribution < -0.4 is 5.32 Å². The number of carbonyl (C=O) groups is 2. The molecule has 0 aromatic carbocycles. The van der Waals surface area contributed by atoms with Gasteiger partial charge in [0.1, 0.15) is 0 Å². The van der Waals surface area contributed by atoms with Gasteiger partial charge in [-0.3, -0.25) is 14.7 Å². The summed E-state index contributed by atoms with van der Waals surface area (Å²) in [5.41, 5.74) is 0.576. The second-order valence-electron chi connectivity index (χ2n) is 6.82. The van der Waals surface area contributed by atoms with Gasteiger partial charge in [-0.25, -0.2) is 9.78 Å². The molecule has 2 amide bonds. The van der Waals surface area contributed by atoms with E-state index in [0.717, 1.165) is 38.8 Å². The van der Waals surface area contributed by atoms with E-state index in [1.165, 1.54) is 11.1 Å². The Bertz CT molecular complexity index is 643. The molecule has 0 spiro atoms. The second-order valence-corrected chi connectivity index (χ2v) is 7.18. The van der Waals surface area contributed by atoms with Crippen LogP contribution in [0.5, 0.6) is 0 Å². The van der Waals surface area contributed by atoms with Crippen molar-refractivity contribution in [1.82, 2.24) is 25.1 Å². The van der Waals surface area contributed by atoms with Crippen LogP contribution in [0.4, 0.5) is 4.79 Å². The SMILES string of the molecule is O=C(NCc1nccnc1Cl)C1CCC(N2CCN(C(=O)O)CC2)CC1. The van der Waals surface area contributed by atoms with E-state index in [2.05, 4.69) is 20.2 Å². The molecule has 2 fully saturated rings. The number of halogens is 1. The lowest BCUT2D eigenvalue weighted by molar-refractivity contribution is -0.126. The average molecular weight is 382 g/mol. The molecular weight excluding hydrogens is 358 g/mol. The molecule has 0 atom stereocenters. The van der Waals surface area contributed by atoms with Crippen molar-refractivity contribution in [2.75, 3.05) is 26.2 Å². The summed E-state index contributed by atoms with van der Waals surface area (Å²) >= 11 is 5.96. The van der Waals surface area contributed by atoms with Crippen molar-refractivity contribution in [3.05, 3.63) is 23.2 Å². The summed E-state index contributed by atoms with van der Waals surface area (Å²) in [5.74, 6) is 0.0582. The Morgan fingerprint density at radius 1 is 1.12 bits per heavy atom. The number of rotatable bonds is 4. The van der Waals surface area contributed by atoms with Crippen LogP contribution in [0.2, 0.25) is 5.15 Å². The van der Waals surface area contributed by atoms with Gasteiger partial charge in [-0.2, -0.15) is 0 Å². The Morgan fingerprint density at radius 2 is 1.77 bits per heavy atom. The largest absolute Gasteiger partial charge is 0.465 e. The molecule has 2 heterocycles. The highest BCUT2D eigenvalue weighted by atomic mass is 35.5. The van der Waals surface area contributed by atoms with E-state index in [-0.39, 0.29) is 11.8 Å². The van der Waals surface area contributed by atoms with E-state index in [9.17, 15) is 9.59 Å². The Morgan fingerprint density at radius 3 is 2.38 bits per heavy atom. The molecule has 1 saturated heterocycles. The minimum absolute atomic E-state index is 0.0157. The fourth-order valence-corrected chi connectivity index (χ4v) is 3.94. The Balaban J connectivity index is 1.41. The average Bonchev–Trinajstić information content (AvgIpc) is 2.67. The molecule has 0 radical (unpaired) electrons. The summed E-state index contributed by atoms with van der Waals surface area (Å²) < 4.78 is 0. The van der Waals surface area contributed by atoms with E-state index in [0.29, 0.717) is 36.5 Å². The maximum absolute atomic E-state index is 12.4. The number of aromatic nitrogens is 2. The summed E-state index contributed by atoms with van der Waals surface area (Å²) in [6, 6.07) is 0.449. The van der Waals surface area contributed by atoms with E-state index in [4.69, 9.17) is 16.7 Å². The van der Waals surface area contributed by atoms with Crippen molar-refractivity contribution >= 4 is 23.6 Å². The van der Waals surface area contributed by atoms with E-state index in [1.807, 2.05) is 0 Å². The third-order valence-corrected chi connectivity index (χ3v) is 5.64. The summed E-state index contributed by atoms with van der Waals surface area (Å²) in [7, 11) is 0. The first-order valence-corrected chi connectivity index (χ1v) is 9.37. The smallest absolute Gasteiger partial charge is 0.407 e. The van der Waals surface area contributed by atoms with Crippen molar-refractivity contribution < 1.29 is 14.7 Å². The zero-order chi connectivity index (χ0) is 18.5. The number of carbonyl (C=O) groups excluding carboxylic acids is 1. The lowest BCUT2D eigenvalue weighted by Crippen LogP contribution is -2.52. The zero-order valence-corrected chi connectivity index (χ0v) is 15.4. The highest BCUT2D eigenvalue weighted by molar-refractivity contribution is 6.29. The molecule has 9 heteroatoms. The standard InChI is InChI=1S/C17H24ClN5O3/c18-15-14(19-5-6-20-15)11-21-16(24)12-1-3-13(4-2-12)22-7-9-23(10-8-22)17(25)26/h5-6,12-13H,1-4,7-11H2,(H,21,24)(H,25,26). The summed E-state index contributed by atoms with van der Waals surface area (Å²) in [4.78, 5) is 35.3. The van der Waals surface area contributed by atoms with E-state index >= 15 is 0 Å². The monoisotopic (exact) mass is 381 g/mol. The number of amides is 2. The highest BCUT2D eigenvalue weighted by Crippen LogP contribution is 2.28. The molecule has 1 aromatic heterocycles. The quantitative estimate of drug-likeness (QED) is 0.822. The minimum Gasteiger partial charge on any atom is -0.465 e. The number of hydrogen-bond donors (Lipinski definition) is 2. The Labute approximate surface area is 157 Å². The van der Waals surface area contributed by atoms with Gasteiger partial charge in [-0.15, -0.1) is 0 Å². The summed E-state index contributed by atoms with van der Waals surface area (Å²) in [6.07, 6.45) is 5.88. The number of piperazine rings is 1. The van der Waals surface area contributed by atoms with Gasteiger partial charge in [0, 0.05) is 50.5 Å². The minimum atomic E-state index is -0.840. The van der Waals surface area contributed by atoms with Crippen LogP contribution in [0, 0.1) is 5.92 Å². The van der Waals surface area contributed by atoms with E-state index in [1.54, 1.807) is 6.20 Å². The van der Waals surface area contributed by atoms with Gasteiger partial charge in [0.25, 0.3) is 0 Å². The maximum Gasteiger partial charge on any atom is 0.407 e. The highest BCUT2D eigenvalue weighted by Gasteiger charge is 2.31. The third-order valence-electron chi connectivity index (χ3n) is 5.32. The molecule has 8 nitrogen and oxygen atoms in total. The van der Waals surface area contributed by atoms with Crippen molar-refractivity contribution in [3.8, 4) is 0 Å². The predicted octanol–water partition coefficient (Wildman–Crippen LogP) is 1.60. The van der Waals surface area contributed by atoms with Crippen molar-refractivity contribution in [2.24, 2.45) is 5.92 Å². The fourth-order valence-electron chi connectivity index (χ4n) is 3.77. The number of carboxylic acid groups (broad SMARTS) is 1. The predicted molar refractivity (Wildman–Crippen MR) is 95.8 cm³/mol. The van der Waals surface area contributed by atoms with Gasteiger partial charge in [0.2, 0.25) is 5.91 Å². The molecule has 2 N–H and O–H groups in total. The first kappa shape index (κ1) is 18.8. The molecule has 1 aromatic rings. The molecule has 1 aliphatic heterocycles. The second kappa shape index (κ2) is 8.64. The van der Waals surface area contributed by atoms with Gasteiger partial charge in [0.15, 0.2) is 5.15 Å². The van der Waals surface area contributed by atoms with Crippen LogP contribution in [-0.4, -0.2) is 69.1 Å². The molecule has 1 saturated carbocycles. The molecule has 26 heavy (non-hydrogen) atoms. The van der Waals surface area contributed by atoms with Crippen LogP contribution in [0.1, 0.15) is 31.4 Å². The van der Waals surface area contributed by atoms with Crippen molar-refractivity contribution in [3.63, 3.8) is 0 Å². The van der Waals surface area contributed by atoms with Gasteiger partial charge in [0.05, 0.1) is 12.2 Å². The first-order valence-electron chi connectivity index (χ1n) is 8.99. The number of nitrogens with zero attached hydrogens (tertiary/aromatic N) is 4. The zero-order valence-electron chi connectivity index (χ0n) is 14.6. The van der Waals surface area contributed by atoms with Crippen molar-refractivity contribution in [2.45, 2.75) is 38.3 Å². The molecule has 0 unspecified atom stereocenters. The normalized spacial score (nSPS) is 24.3. The van der Waals surface area contributed by atoms with Crippen LogP contribution >= 0.6 is 11.6 Å². The van der Waals surface area contributed by atoms with Gasteiger partial charge in [-0.05, 0) is 25.7 Å². The summed E-state index contributed by atoms with van der Waals surface area (Å²) in [6.45, 7) is 2.98. The molecule has 1 aliphatic carbocycles. The van der Waals surface area contributed by atoms with Crippen LogP contribution in [0.15, 0.2) is 12.4 Å². The molecule has 3 rings (SSSR count). The Hall–Kier alpha value is -1.93. The fraction of sp³-hybridized carbons (Fsp3) is 0.647. The molecule has 0 bridgehead atoms. The van der Waals surface area contributed by atoms with Crippen LogP contribution in [0.25, 0.3) is 0 Å². The third kappa shape index (κ3) is 4.62. The van der Waals surface area contributed by atoms with E-state index < -0.39 is 6.09 Å². The number of hydrogen-bond acceptors (Lipinski definition) is 5. The topological polar surface area (TPSA) is 98.7 Å². The lowest BCUT2D eigenvalue weighted by atomic mass is 9.84. The van der Waals surface area contributed by atoms with Gasteiger partial charge < -0.3 is 15.3 Å². The summed E-state index contributed by atoms with van der Waals surface area (Å²) in [5, 5.41) is 12.3. The lowest BCUT2D eigenvalue weighted by Gasteiger charge is -2.41.